The van der Waals surface area contributed by atoms with Gasteiger partial charge in [-0.25, -0.2) is 13.5 Å². The predicted molar refractivity (Wildman–Crippen MR) is 107 cm³/mol. The van der Waals surface area contributed by atoms with Crippen molar-refractivity contribution in [2.75, 3.05) is 19.5 Å². The molecule has 2 aromatic rings. The highest BCUT2D eigenvalue weighted by molar-refractivity contribution is 7.88. The van der Waals surface area contributed by atoms with E-state index >= 15 is 0 Å². The van der Waals surface area contributed by atoms with Crippen molar-refractivity contribution in [3.63, 3.8) is 0 Å². The molecule has 0 saturated heterocycles. The number of allylic oxidation sites excluding steroid dienone is 1. The molecule has 1 aliphatic rings. The molecule has 0 aliphatic carbocycles. The third-order valence-electron chi connectivity index (χ3n) is 3.86. The van der Waals surface area contributed by atoms with Crippen LogP contribution in [0.15, 0.2) is 45.8 Å². The zero-order chi connectivity index (χ0) is 21.3. The van der Waals surface area contributed by atoms with Gasteiger partial charge < -0.3 is 10.1 Å². The first-order valence-corrected chi connectivity index (χ1v) is 10.5. The predicted octanol–water partition coefficient (Wildman–Crippen LogP) is 2.83. The SMILES string of the molecule is COC(=O)c1csc(C2=NS(=O)(=O)N(C)C(C(=O)Nc3ccc(F)c(Cl)c3)=C2)c1. The van der Waals surface area contributed by atoms with Crippen molar-refractivity contribution in [2.24, 2.45) is 4.40 Å². The Balaban J connectivity index is 1.95. The van der Waals surface area contributed by atoms with Crippen LogP contribution in [0.25, 0.3) is 0 Å². The number of nitrogens with zero attached hydrogens (tertiary/aromatic N) is 2. The number of rotatable bonds is 4. The maximum absolute atomic E-state index is 13.3. The van der Waals surface area contributed by atoms with Crippen LogP contribution in [0.3, 0.4) is 0 Å². The molecular weight excluding hydrogens is 445 g/mol. The number of likely N-dealkylation sites (N-methyl/N-ethyl adjacent to an activating group) is 1. The molecule has 12 heteroatoms. The van der Waals surface area contributed by atoms with E-state index in [1.54, 1.807) is 0 Å². The second-order valence-corrected chi connectivity index (χ2v) is 8.67. The molecule has 152 valence electrons. The number of methoxy groups -OCH3 is 1. The van der Waals surface area contributed by atoms with Crippen molar-refractivity contribution in [1.82, 2.24) is 4.31 Å². The fourth-order valence-electron chi connectivity index (χ4n) is 2.35. The first-order valence-electron chi connectivity index (χ1n) is 7.86. The molecule has 1 aliphatic heterocycles. The van der Waals surface area contributed by atoms with E-state index in [1.807, 2.05) is 0 Å². The molecule has 29 heavy (non-hydrogen) atoms. The lowest BCUT2D eigenvalue weighted by molar-refractivity contribution is -0.113. The topological polar surface area (TPSA) is 105 Å². The van der Waals surface area contributed by atoms with Crippen LogP contribution < -0.4 is 5.32 Å². The number of anilines is 1. The zero-order valence-corrected chi connectivity index (χ0v) is 17.4. The highest BCUT2D eigenvalue weighted by Gasteiger charge is 2.30. The average molecular weight is 458 g/mol. The summed E-state index contributed by atoms with van der Waals surface area (Å²) in [4.78, 5) is 24.6. The maximum atomic E-state index is 13.3. The molecule has 8 nitrogen and oxygen atoms in total. The highest BCUT2D eigenvalue weighted by atomic mass is 35.5. The fraction of sp³-hybridized carbons (Fsp3) is 0.118. The lowest BCUT2D eigenvalue weighted by atomic mass is 10.2. The van der Waals surface area contributed by atoms with E-state index in [4.69, 9.17) is 11.6 Å². The molecule has 0 radical (unpaired) electrons. The minimum absolute atomic E-state index is 0.00876. The summed E-state index contributed by atoms with van der Waals surface area (Å²) < 4.78 is 47.1. The van der Waals surface area contributed by atoms with Gasteiger partial charge in [-0.15, -0.1) is 15.7 Å². The highest BCUT2D eigenvalue weighted by Crippen LogP contribution is 2.25. The molecule has 0 unspecified atom stereocenters. The normalized spacial score (nSPS) is 15.4. The number of halogens is 2. The van der Waals surface area contributed by atoms with E-state index < -0.39 is 27.9 Å². The number of esters is 1. The van der Waals surface area contributed by atoms with Crippen LogP contribution >= 0.6 is 22.9 Å². The van der Waals surface area contributed by atoms with Crippen LogP contribution in [0.5, 0.6) is 0 Å². The smallest absolute Gasteiger partial charge is 0.345 e. The monoisotopic (exact) mass is 457 g/mol. The summed E-state index contributed by atoms with van der Waals surface area (Å²) in [5.74, 6) is -2.01. The molecule has 1 aromatic heterocycles. The van der Waals surface area contributed by atoms with E-state index in [9.17, 15) is 22.4 Å². The number of nitrogens with one attached hydrogen (secondary N) is 1. The van der Waals surface area contributed by atoms with E-state index in [1.165, 1.54) is 43.8 Å². The number of amides is 1. The lowest BCUT2D eigenvalue weighted by Gasteiger charge is -2.23. The van der Waals surface area contributed by atoms with Gasteiger partial charge in [0.2, 0.25) is 0 Å². The van der Waals surface area contributed by atoms with Crippen LogP contribution in [0.4, 0.5) is 10.1 Å². The van der Waals surface area contributed by atoms with Crippen LogP contribution in [0.1, 0.15) is 15.2 Å². The molecule has 1 amide bonds. The Morgan fingerprint density at radius 2 is 2.03 bits per heavy atom. The van der Waals surface area contributed by atoms with E-state index in [0.717, 1.165) is 17.4 Å². The summed E-state index contributed by atoms with van der Waals surface area (Å²) in [5, 5.41) is 3.75. The molecule has 1 N–H and O–H groups in total. The summed E-state index contributed by atoms with van der Waals surface area (Å²) in [6.45, 7) is 0. The Morgan fingerprint density at radius 3 is 2.69 bits per heavy atom. The van der Waals surface area contributed by atoms with Gasteiger partial charge in [-0.1, -0.05) is 11.6 Å². The second kappa shape index (κ2) is 7.93. The van der Waals surface area contributed by atoms with Gasteiger partial charge in [0.15, 0.2) is 0 Å². The van der Waals surface area contributed by atoms with Gasteiger partial charge >= 0.3 is 16.2 Å². The van der Waals surface area contributed by atoms with E-state index in [2.05, 4.69) is 14.5 Å². The average Bonchev–Trinajstić information content (AvgIpc) is 3.16. The van der Waals surface area contributed by atoms with E-state index in [0.29, 0.717) is 9.18 Å². The molecule has 0 atom stereocenters. The Morgan fingerprint density at radius 1 is 1.31 bits per heavy atom. The molecular formula is C17H13ClFN3O5S2. The Hall–Kier alpha value is -2.76. The van der Waals surface area contributed by atoms with Crippen molar-refractivity contribution >= 4 is 56.4 Å². The van der Waals surface area contributed by atoms with Gasteiger partial charge in [0.25, 0.3) is 5.91 Å². The quantitative estimate of drug-likeness (QED) is 0.711. The molecule has 1 aromatic carbocycles. The standard InChI is InChI=1S/C17H13ClFN3O5S2/c1-22-14(16(23)20-10-3-4-12(19)11(18)6-10)7-13(21-29(22,25)26)15-5-9(8-28-15)17(24)27-2/h3-8H,1-2H3,(H,20,23). The third-order valence-corrected chi connectivity index (χ3v) is 6.41. The minimum atomic E-state index is -4.18. The molecule has 0 saturated carbocycles. The fourth-order valence-corrected chi connectivity index (χ4v) is 4.33. The van der Waals surface area contributed by atoms with Crippen LogP contribution in [-0.4, -0.2) is 44.5 Å². The number of hydrogen-bond acceptors (Lipinski definition) is 6. The van der Waals surface area contributed by atoms with Crippen molar-refractivity contribution < 1.29 is 27.1 Å². The maximum Gasteiger partial charge on any atom is 0.345 e. The van der Waals surface area contributed by atoms with Crippen LogP contribution in [0.2, 0.25) is 5.02 Å². The minimum Gasteiger partial charge on any atom is -0.465 e. The summed E-state index contributed by atoms with van der Waals surface area (Å²) in [6.07, 6.45) is 1.27. The number of carbonyl (C=O) groups is 2. The van der Waals surface area contributed by atoms with E-state index in [-0.39, 0.29) is 27.7 Å². The number of carbonyl (C=O) groups excluding carboxylic acids is 2. The zero-order valence-electron chi connectivity index (χ0n) is 15.0. The Bertz CT molecular complexity index is 1170. The van der Waals surface area contributed by atoms with Crippen molar-refractivity contribution in [2.45, 2.75) is 0 Å². The number of hydrogen-bond donors (Lipinski definition) is 1. The number of benzene rings is 1. The molecule has 0 spiro atoms. The largest absolute Gasteiger partial charge is 0.465 e. The van der Waals surface area contributed by atoms with Crippen molar-refractivity contribution in [1.29, 1.82) is 0 Å². The van der Waals surface area contributed by atoms with Crippen LogP contribution in [-0.2, 0) is 19.7 Å². The summed E-state index contributed by atoms with van der Waals surface area (Å²) in [6, 6.07) is 4.97. The Kier molecular flexibility index (Phi) is 5.73. The van der Waals surface area contributed by atoms with Crippen molar-refractivity contribution in [3.8, 4) is 0 Å². The van der Waals surface area contributed by atoms with Gasteiger partial charge in [-0.3, -0.25) is 4.79 Å². The molecule has 2 heterocycles. The number of ether oxygens (including phenoxy) is 1. The summed E-state index contributed by atoms with van der Waals surface area (Å²) >= 11 is 6.77. The van der Waals surface area contributed by atoms with Crippen molar-refractivity contribution in [3.05, 3.63) is 62.7 Å². The van der Waals surface area contributed by atoms with Gasteiger partial charge in [0.1, 0.15) is 11.5 Å². The van der Waals surface area contributed by atoms with Crippen LogP contribution in [0, 0.1) is 5.82 Å². The summed E-state index contributed by atoms with van der Waals surface area (Å²) in [5.41, 5.74) is 0.183. The molecule has 0 fully saturated rings. The van der Waals surface area contributed by atoms with Gasteiger partial charge in [0, 0.05) is 18.1 Å². The van der Waals surface area contributed by atoms with Gasteiger partial charge in [-0.2, -0.15) is 8.42 Å². The third kappa shape index (κ3) is 4.31. The summed E-state index contributed by atoms with van der Waals surface area (Å²) in [7, 11) is -1.78. The second-order valence-electron chi connectivity index (χ2n) is 5.73. The first kappa shape index (κ1) is 21.0. The first-order chi connectivity index (χ1) is 13.6. The number of thiophene rings is 1. The molecule has 3 rings (SSSR count). The molecule has 0 bridgehead atoms. The Labute approximate surface area is 174 Å². The van der Waals surface area contributed by atoms with Gasteiger partial charge in [0.05, 0.1) is 28.3 Å². The van der Waals surface area contributed by atoms with Gasteiger partial charge in [-0.05, 0) is 30.3 Å². The lowest BCUT2D eigenvalue weighted by Crippen LogP contribution is -2.35.